The first-order chi connectivity index (χ1) is 12.1. The number of hydrogen-bond acceptors (Lipinski definition) is 4. The van der Waals surface area contributed by atoms with Gasteiger partial charge in [0.05, 0.1) is 28.6 Å². The van der Waals surface area contributed by atoms with Crippen molar-refractivity contribution in [2.45, 2.75) is 19.1 Å². The zero-order valence-corrected chi connectivity index (χ0v) is 15.2. The molecule has 0 saturated carbocycles. The van der Waals surface area contributed by atoms with Crippen LogP contribution in [0.5, 0.6) is 0 Å². The predicted molar refractivity (Wildman–Crippen MR) is 99.2 cm³/mol. The van der Waals surface area contributed by atoms with E-state index < -0.39 is 0 Å². The van der Waals surface area contributed by atoms with Gasteiger partial charge in [0.2, 0.25) is 5.91 Å². The van der Waals surface area contributed by atoms with Crippen LogP contribution < -0.4 is 5.32 Å². The second-order valence-corrected chi connectivity index (χ2v) is 7.24. The fourth-order valence-corrected chi connectivity index (χ4v) is 4.41. The summed E-state index contributed by atoms with van der Waals surface area (Å²) in [7, 11) is 1.94. The third-order valence-electron chi connectivity index (χ3n) is 4.56. The summed E-state index contributed by atoms with van der Waals surface area (Å²) in [5, 5.41) is 12.2. The van der Waals surface area contributed by atoms with E-state index in [4.69, 9.17) is 5.10 Å². The molecule has 1 aromatic carbocycles. The normalized spacial score (nSPS) is 17.1. The molecular formula is C18H19N5OS. The number of aromatic nitrogens is 4. The van der Waals surface area contributed by atoms with E-state index in [-0.39, 0.29) is 11.2 Å². The molecule has 0 spiro atoms. The number of carbonyl (C=O) groups is 1. The zero-order valence-electron chi connectivity index (χ0n) is 14.4. The number of anilines is 1. The molecule has 6 nitrogen and oxygen atoms in total. The second kappa shape index (κ2) is 6.07. The van der Waals surface area contributed by atoms with Crippen LogP contribution >= 0.6 is 11.8 Å². The van der Waals surface area contributed by atoms with E-state index >= 15 is 0 Å². The second-order valence-electron chi connectivity index (χ2n) is 6.14. The number of nitrogens with zero attached hydrogens (tertiary/aromatic N) is 4. The first kappa shape index (κ1) is 16.0. The number of hydrogen-bond donors (Lipinski definition) is 1. The molecule has 0 fully saturated rings. The lowest BCUT2D eigenvalue weighted by molar-refractivity contribution is -0.113. The van der Waals surface area contributed by atoms with Crippen LogP contribution in [-0.4, -0.2) is 31.2 Å². The number of aryl methyl sites for hydroxylation is 2. The van der Waals surface area contributed by atoms with Gasteiger partial charge in [0.15, 0.2) is 0 Å². The third-order valence-corrected chi connectivity index (χ3v) is 5.82. The molecule has 0 radical (unpaired) electrons. The minimum absolute atomic E-state index is 0.00706. The molecule has 0 aliphatic carbocycles. The van der Waals surface area contributed by atoms with Gasteiger partial charge in [-0.25, -0.2) is 4.68 Å². The molecule has 1 amide bonds. The monoisotopic (exact) mass is 353 g/mol. The topological polar surface area (TPSA) is 64.7 Å². The Morgan fingerprint density at radius 1 is 1.24 bits per heavy atom. The molecule has 1 atom stereocenters. The molecule has 4 rings (SSSR count). The minimum atomic E-state index is -0.00706. The van der Waals surface area contributed by atoms with Crippen LogP contribution in [0.2, 0.25) is 0 Å². The maximum atomic E-state index is 12.3. The summed E-state index contributed by atoms with van der Waals surface area (Å²) in [6.07, 6.45) is 1.89. The van der Waals surface area contributed by atoms with Crippen molar-refractivity contribution in [3.63, 3.8) is 0 Å². The summed E-state index contributed by atoms with van der Waals surface area (Å²) >= 11 is 1.62. The fraction of sp³-hybridized carbons (Fsp3) is 0.278. The van der Waals surface area contributed by atoms with Gasteiger partial charge in [-0.15, -0.1) is 11.8 Å². The van der Waals surface area contributed by atoms with Gasteiger partial charge in [0.25, 0.3) is 0 Å². The number of para-hydroxylation sites is 1. The summed E-state index contributed by atoms with van der Waals surface area (Å²) in [6, 6.07) is 9.88. The van der Waals surface area contributed by atoms with E-state index in [1.54, 1.807) is 11.8 Å². The van der Waals surface area contributed by atoms with Crippen molar-refractivity contribution in [2.75, 3.05) is 11.1 Å². The van der Waals surface area contributed by atoms with Crippen LogP contribution in [0.3, 0.4) is 0 Å². The lowest BCUT2D eigenvalue weighted by atomic mass is 10.0. The Balaban J connectivity index is 1.92. The molecule has 1 N–H and O–H groups in total. The maximum Gasteiger partial charge on any atom is 0.235 e. The number of rotatable bonds is 2. The number of benzene rings is 1. The molecule has 1 aliphatic rings. The van der Waals surface area contributed by atoms with Crippen LogP contribution in [-0.2, 0) is 11.8 Å². The molecule has 128 valence electrons. The highest BCUT2D eigenvalue weighted by molar-refractivity contribution is 8.00. The third kappa shape index (κ3) is 2.64. The van der Waals surface area contributed by atoms with Gasteiger partial charge in [-0.05, 0) is 26.0 Å². The molecule has 2 aromatic heterocycles. The molecule has 1 aliphatic heterocycles. The Kier molecular flexibility index (Phi) is 3.88. The fourth-order valence-electron chi connectivity index (χ4n) is 3.16. The largest absolute Gasteiger partial charge is 0.310 e. The summed E-state index contributed by atoms with van der Waals surface area (Å²) in [5.41, 5.74) is 5.13. The first-order valence-electron chi connectivity index (χ1n) is 8.11. The van der Waals surface area contributed by atoms with Gasteiger partial charge in [-0.1, -0.05) is 18.2 Å². The van der Waals surface area contributed by atoms with Crippen LogP contribution in [0.25, 0.3) is 5.69 Å². The van der Waals surface area contributed by atoms with Crippen LogP contribution in [0.1, 0.15) is 27.8 Å². The quantitative estimate of drug-likeness (QED) is 0.769. The molecule has 3 aromatic rings. The average molecular weight is 353 g/mol. The highest BCUT2D eigenvalue weighted by atomic mass is 32.2. The van der Waals surface area contributed by atoms with Gasteiger partial charge in [-0.2, -0.15) is 10.2 Å². The molecule has 0 saturated heterocycles. The molecule has 25 heavy (non-hydrogen) atoms. The van der Waals surface area contributed by atoms with Gasteiger partial charge in [-0.3, -0.25) is 9.48 Å². The SMILES string of the molecule is Cc1nn(-c2ccccc2)c2c1[C@H](c1cnn(C)c1C)SCC(=O)N2. The summed E-state index contributed by atoms with van der Waals surface area (Å²) < 4.78 is 3.69. The van der Waals surface area contributed by atoms with Crippen LogP contribution in [0.15, 0.2) is 36.5 Å². The Hall–Kier alpha value is -2.54. The standard InChI is InChI=1S/C18H19N5OS/c1-11-16-17(14-9-19-22(3)12(14)2)25-10-15(24)20-18(16)23(21-11)13-7-5-4-6-8-13/h4-9,17H,10H2,1-3H3,(H,20,24)/t17-/m0/s1. The van der Waals surface area contributed by atoms with Gasteiger partial charge in [0.1, 0.15) is 5.82 Å². The highest BCUT2D eigenvalue weighted by Gasteiger charge is 2.32. The molecule has 3 heterocycles. The average Bonchev–Trinajstić information content (AvgIpc) is 3.04. The molecule has 7 heteroatoms. The smallest absolute Gasteiger partial charge is 0.235 e. The van der Waals surface area contributed by atoms with Crippen molar-refractivity contribution in [3.05, 3.63) is 59.0 Å². The van der Waals surface area contributed by atoms with Crippen molar-refractivity contribution in [2.24, 2.45) is 7.05 Å². The van der Waals surface area contributed by atoms with E-state index in [2.05, 4.69) is 17.3 Å². The first-order valence-corrected chi connectivity index (χ1v) is 9.16. The minimum Gasteiger partial charge on any atom is -0.310 e. The number of nitrogens with one attached hydrogen (secondary N) is 1. The Labute approximate surface area is 150 Å². The Bertz CT molecular complexity index is 944. The van der Waals surface area contributed by atoms with Gasteiger partial charge < -0.3 is 5.32 Å². The van der Waals surface area contributed by atoms with Crippen LogP contribution in [0, 0.1) is 13.8 Å². The van der Waals surface area contributed by atoms with E-state index in [1.807, 2.05) is 59.9 Å². The molecule has 0 bridgehead atoms. The van der Waals surface area contributed by atoms with Crippen molar-refractivity contribution in [1.29, 1.82) is 0 Å². The van der Waals surface area contributed by atoms with Crippen molar-refractivity contribution < 1.29 is 4.79 Å². The van der Waals surface area contributed by atoms with E-state index in [0.29, 0.717) is 5.75 Å². The number of fused-ring (bicyclic) bond motifs is 1. The summed E-state index contributed by atoms with van der Waals surface area (Å²) in [5.74, 6) is 1.15. The van der Waals surface area contributed by atoms with Crippen molar-refractivity contribution in [1.82, 2.24) is 19.6 Å². The number of amides is 1. The highest BCUT2D eigenvalue weighted by Crippen LogP contribution is 2.44. The van der Waals surface area contributed by atoms with Gasteiger partial charge in [0, 0.05) is 23.9 Å². The van der Waals surface area contributed by atoms with E-state index in [0.717, 1.165) is 34.0 Å². The lowest BCUT2D eigenvalue weighted by Gasteiger charge is -2.14. The zero-order chi connectivity index (χ0) is 17.6. The predicted octanol–water partition coefficient (Wildman–Crippen LogP) is 3.00. The van der Waals surface area contributed by atoms with Crippen molar-refractivity contribution in [3.8, 4) is 5.69 Å². The lowest BCUT2D eigenvalue weighted by Crippen LogP contribution is -2.15. The Morgan fingerprint density at radius 2 is 2.00 bits per heavy atom. The Morgan fingerprint density at radius 3 is 2.68 bits per heavy atom. The van der Waals surface area contributed by atoms with E-state index in [9.17, 15) is 4.79 Å². The van der Waals surface area contributed by atoms with E-state index in [1.165, 1.54) is 0 Å². The maximum absolute atomic E-state index is 12.3. The summed E-state index contributed by atoms with van der Waals surface area (Å²) in [4.78, 5) is 12.3. The number of thioether (sulfide) groups is 1. The van der Waals surface area contributed by atoms with Crippen LogP contribution in [0.4, 0.5) is 5.82 Å². The van der Waals surface area contributed by atoms with Gasteiger partial charge >= 0.3 is 0 Å². The summed E-state index contributed by atoms with van der Waals surface area (Å²) in [6.45, 7) is 4.05. The molecule has 0 unspecified atom stereocenters. The molecular weight excluding hydrogens is 334 g/mol. The number of carbonyl (C=O) groups excluding carboxylic acids is 1. The van der Waals surface area contributed by atoms with Crippen molar-refractivity contribution >= 4 is 23.5 Å².